The van der Waals surface area contributed by atoms with Crippen LogP contribution in [0.25, 0.3) is 0 Å². The van der Waals surface area contributed by atoms with Crippen LogP contribution in [0.5, 0.6) is 0 Å². The van der Waals surface area contributed by atoms with E-state index in [1.54, 1.807) is 0 Å². The summed E-state index contributed by atoms with van der Waals surface area (Å²) in [4.78, 5) is 17.8. The molecule has 3 saturated heterocycles. The van der Waals surface area contributed by atoms with Crippen molar-refractivity contribution < 1.29 is 4.79 Å². The zero-order valence-electron chi connectivity index (χ0n) is 21.1. The first-order chi connectivity index (χ1) is 17.2. The van der Waals surface area contributed by atoms with Crippen molar-refractivity contribution in [2.75, 3.05) is 32.7 Å². The van der Waals surface area contributed by atoms with Gasteiger partial charge in [0.1, 0.15) is 0 Å². The van der Waals surface area contributed by atoms with Crippen molar-refractivity contribution >= 4 is 5.91 Å². The molecule has 5 heteroatoms. The summed E-state index contributed by atoms with van der Waals surface area (Å²) in [7, 11) is 0. The van der Waals surface area contributed by atoms with Gasteiger partial charge < -0.3 is 10.6 Å². The fourth-order valence-corrected chi connectivity index (χ4v) is 6.44. The lowest BCUT2D eigenvalue weighted by Crippen LogP contribution is -2.55. The summed E-state index contributed by atoms with van der Waals surface area (Å²) in [5.41, 5.74) is 2.79. The molecule has 0 aliphatic carbocycles. The van der Waals surface area contributed by atoms with Gasteiger partial charge in [0.25, 0.3) is 0 Å². The molecule has 0 spiro atoms. The number of piperidine rings is 3. The molecular formula is C30H42N4O. The van der Waals surface area contributed by atoms with Crippen LogP contribution in [0.3, 0.4) is 0 Å². The van der Waals surface area contributed by atoms with Gasteiger partial charge in [0.2, 0.25) is 5.91 Å². The van der Waals surface area contributed by atoms with E-state index < -0.39 is 0 Å². The molecular weight excluding hydrogens is 432 g/mol. The second-order valence-electron chi connectivity index (χ2n) is 11.1. The Labute approximate surface area is 211 Å². The number of carbonyl (C=O) groups is 1. The number of fused-ring (bicyclic) bond motifs is 2. The van der Waals surface area contributed by atoms with E-state index >= 15 is 0 Å². The molecule has 2 bridgehead atoms. The van der Waals surface area contributed by atoms with Gasteiger partial charge in [0, 0.05) is 57.8 Å². The van der Waals surface area contributed by atoms with Crippen LogP contribution >= 0.6 is 0 Å². The zero-order chi connectivity index (χ0) is 23.9. The van der Waals surface area contributed by atoms with E-state index in [2.05, 4.69) is 81.1 Å². The van der Waals surface area contributed by atoms with Crippen LogP contribution in [-0.4, -0.2) is 60.5 Å². The standard InChI is InChI=1S/C30H42N4O/c35-30(32-28-14-16-33(17-15-28)20-24-8-3-1-4-9-24)13-7-12-29-27-18-26(19-31-29)22-34(23-27)21-25-10-5-2-6-11-25/h1-6,8-11,26-29,31H,7,12-23H2,(H,32,35)/t26?,27?,29-/m1/s1. The Morgan fingerprint density at radius 1 is 0.886 bits per heavy atom. The highest BCUT2D eigenvalue weighted by molar-refractivity contribution is 5.76. The Kier molecular flexibility index (Phi) is 8.50. The van der Waals surface area contributed by atoms with E-state index in [4.69, 9.17) is 0 Å². The van der Waals surface area contributed by atoms with Gasteiger partial charge in [-0.05, 0) is 61.6 Å². The maximum absolute atomic E-state index is 12.6. The number of amides is 1. The Hall–Kier alpha value is -2.21. The highest BCUT2D eigenvalue weighted by atomic mass is 16.1. The molecule has 35 heavy (non-hydrogen) atoms. The van der Waals surface area contributed by atoms with Gasteiger partial charge in [-0.1, -0.05) is 60.7 Å². The fraction of sp³-hybridized carbons (Fsp3) is 0.567. The Balaban J connectivity index is 0.994. The molecule has 3 aliphatic rings. The van der Waals surface area contributed by atoms with Gasteiger partial charge in [0.05, 0.1) is 0 Å². The van der Waals surface area contributed by atoms with Crippen molar-refractivity contribution in [3.8, 4) is 0 Å². The molecule has 1 amide bonds. The monoisotopic (exact) mass is 474 g/mol. The van der Waals surface area contributed by atoms with Gasteiger partial charge in [-0.2, -0.15) is 0 Å². The minimum atomic E-state index is 0.245. The van der Waals surface area contributed by atoms with Gasteiger partial charge in [0.15, 0.2) is 0 Å². The molecule has 0 aromatic heterocycles. The number of hydrogen-bond donors (Lipinski definition) is 2. The van der Waals surface area contributed by atoms with Gasteiger partial charge in [-0.25, -0.2) is 0 Å². The largest absolute Gasteiger partial charge is 0.353 e. The average Bonchev–Trinajstić information content (AvgIpc) is 2.88. The third kappa shape index (κ3) is 7.16. The molecule has 3 heterocycles. The van der Waals surface area contributed by atoms with Crippen molar-refractivity contribution in [1.29, 1.82) is 0 Å². The molecule has 3 aliphatic heterocycles. The number of benzene rings is 2. The van der Waals surface area contributed by atoms with Crippen LogP contribution in [0.2, 0.25) is 0 Å². The van der Waals surface area contributed by atoms with E-state index in [0.29, 0.717) is 24.4 Å². The molecule has 5 rings (SSSR count). The lowest BCUT2D eigenvalue weighted by atomic mass is 9.79. The molecule has 0 saturated carbocycles. The summed E-state index contributed by atoms with van der Waals surface area (Å²) in [6.45, 7) is 7.71. The van der Waals surface area contributed by atoms with Gasteiger partial charge in [-0.3, -0.25) is 14.6 Å². The Morgan fingerprint density at radius 2 is 1.54 bits per heavy atom. The zero-order valence-corrected chi connectivity index (χ0v) is 21.1. The predicted octanol–water partition coefficient (Wildman–Crippen LogP) is 4.05. The highest BCUT2D eigenvalue weighted by Gasteiger charge is 2.36. The van der Waals surface area contributed by atoms with E-state index in [1.165, 1.54) is 30.6 Å². The first-order valence-electron chi connectivity index (χ1n) is 13.8. The molecule has 2 N–H and O–H groups in total. The number of likely N-dealkylation sites (tertiary alicyclic amines) is 2. The van der Waals surface area contributed by atoms with Crippen LogP contribution in [0.4, 0.5) is 0 Å². The first kappa shape index (κ1) is 24.5. The van der Waals surface area contributed by atoms with Crippen molar-refractivity contribution in [1.82, 2.24) is 20.4 Å². The number of nitrogens with zero attached hydrogens (tertiary/aromatic N) is 2. The predicted molar refractivity (Wildman–Crippen MR) is 142 cm³/mol. The smallest absolute Gasteiger partial charge is 0.220 e. The third-order valence-electron chi connectivity index (χ3n) is 8.25. The van der Waals surface area contributed by atoms with Crippen molar-refractivity contribution in [3.63, 3.8) is 0 Å². The summed E-state index contributed by atoms with van der Waals surface area (Å²) in [5.74, 6) is 1.72. The quantitative estimate of drug-likeness (QED) is 0.576. The first-order valence-corrected chi connectivity index (χ1v) is 13.8. The molecule has 188 valence electrons. The minimum absolute atomic E-state index is 0.245. The second kappa shape index (κ2) is 12.2. The fourth-order valence-electron chi connectivity index (χ4n) is 6.44. The SMILES string of the molecule is O=C(CCC[C@H]1NCC2CC1CN(Cc1ccccc1)C2)NC1CCN(Cc2ccccc2)CC1. The minimum Gasteiger partial charge on any atom is -0.353 e. The summed E-state index contributed by atoms with van der Waals surface area (Å²) < 4.78 is 0. The second-order valence-corrected chi connectivity index (χ2v) is 11.1. The molecule has 5 nitrogen and oxygen atoms in total. The summed E-state index contributed by atoms with van der Waals surface area (Å²) in [5, 5.41) is 7.15. The van der Waals surface area contributed by atoms with Crippen LogP contribution in [-0.2, 0) is 17.9 Å². The number of nitrogens with one attached hydrogen (secondary N) is 2. The molecule has 2 aromatic carbocycles. The summed E-state index contributed by atoms with van der Waals surface area (Å²) in [6, 6.07) is 22.4. The van der Waals surface area contributed by atoms with Crippen molar-refractivity contribution in [2.45, 2.75) is 63.7 Å². The number of carbonyl (C=O) groups excluding carboxylic acids is 1. The van der Waals surface area contributed by atoms with Crippen molar-refractivity contribution in [3.05, 3.63) is 71.8 Å². The van der Waals surface area contributed by atoms with Crippen LogP contribution in [0, 0.1) is 11.8 Å². The Morgan fingerprint density at radius 3 is 2.23 bits per heavy atom. The lowest BCUT2D eigenvalue weighted by molar-refractivity contribution is -0.122. The van der Waals surface area contributed by atoms with Crippen molar-refractivity contribution in [2.24, 2.45) is 11.8 Å². The maximum Gasteiger partial charge on any atom is 0.220 e. The molecule has 3 atom stereocenters. The van der Waals surface area contributed by atoms with Crippen LogP contribution < -0.4 is 10.6 Å². The van der Waals surface area contributed by atoms with E-state index in [1.807, 2.05) is 0 Å². The summed E-state index contributed by atoms with van der Waals surface area (Å²) in [6.07, 6.45) is 6.21. The van der Waals surface area contributed by atoms with Crippen LogP contribution in [0.1, 0.15) is 49.7 Å². The van der Waals surface area contributed by atoms with E-state index in [0.717, 1.165) is 64.3 Å². The molecule has 2 aromatic rings. The molecule has 3 fully saturated rings. The lowest BCUT2D eigenvalue weighted by Gasteiger charge is -2.46. The number of hydrogen-bond acceptors (Lipinski definition) is 4. The summed E-state index contributed by atoms with van der Waals surface area (Å²) >= 11 is 0. The number of rotatable bonds is 9. The topological polar surface area (TPSA) is 47.6 Å². The van der Waals surface area contributed by atoms with Gasteiger partial charge >= 0.3 is 0 Å². The Bertz CT molecular complexity index is 912. The normalized spacial score (nSPS) is 25.9. The molecule has 2 unspecified atom stereocenters. The van der Waals surface area contributed by atoms with E-state index in [9.17, 15) is 4.79 Å². The van der Waals surface area contributed by atoms with E-state index in [-0.39, 0.29) is 5.91 Å². The average molecular weight is 475 g/mol. The highest BCUT2D eigenvalue weighted by Crippen LogP contribution is 2.31. The molecule has 0 radical (unpaired) electrons. The third-order valence-corrected chi connectivity index (χ3v) is 8.25. The van der Waals surface area contributed by atoms with Crippen LogP contribution in [0.15, 0.2) is 60.7 Å². The van der Waals surface area contributed by atoms with Gasteiger partial charge in [-0.15, -0.1) is 0 Å². The maximum atomic E-state index is 12.6.